The molecule has 4 aromatic carbocycles. The first-order valence-electron chi connectivity index (χ1n) is 15.6. The highest BCUT2D eigenvalue weighted by Crippen LogP contribution is 2.24. The second-order valence-corrected chi connectivity index (χ2v) is 13.1. The van der Waals surface area contributed by atoms with Crippen molar-refractivity contribution in [2.45, 2.75) is 78.1 Å². The Morgan fingerprint density at radius 2 is 0.977 bits per heavy atom. The molecule has 0 saturated carbocycles. The van der Waals surface area contributed by atoms with Gasteiger partial charge in [-0.15, -0.1) is 0 Å². The van der Waals surface area contributed by atoms with Crippen LogP contribution in [0.1, 0.15) is 98.6 Å². The highest BCUT2D eigenvalue weighted by Gasteiger charge is 2.00. The van der Waals surface area contributed by atoms with Crippen molar-refractivity contribution >= 4 is 54.6 Å². The summed E-state index contributed by atoms with van der Waals surface area (Å²) in [5.41, 5.74) is 7.11. The summed E-state index contributed by atoms with van der Waals surface area (Å²) < 4.78 is 2.16. The number of unbranched alkanes of at least 4 members (excludes halogenated alkanes) is 6. The zero-order chi connectivity index (χ0) is 30.7. The molecule has 0 spiro atoms. The fourth-order valence-electron chi connectivity index (χ4n) is 4.56. The van der Waals surface area contributed by atoms with Gasteiger partial charge < -0.3 is 0 Å². The average Bonchev–Trinajstić information content (AvgIpc) is 3.03. The van der Waals surface area contributed by atoms with E-state index in [1.165, 1.54) is 68.9 Å². The molecule has 0 nitrogen and oxygen atoms in total. The van der Waals surface area contributed by atoms with Gasteiger partial charge in [-0.05, 0) is 103 Å². The maximum atomic E-state index is 6.43. The molecule has 0 aliphatic rings. The van der Waals surface area contributed by atoms with Gasteiger partial charge in [0, 0.05) is 25.1 Å². The number of rotatable bonds is 12. The molecular formula is C40H43Br2Cl. The number of benzene rings is 4. The van der Waals surface area contributed by atoms with Crippen LogP contribution in [0.15, 0.2) is 106 Å². The van der Waals surface area contributed by atoms with E-state index in [9.17, 15) is 0 Å². The van der Waals surface area contributed by atoms with Crippen LogP contribution in [0.5, 0.6) is 0 Å². The van der Waals surface area contributed by atoms with Crippen LogP contribution in [-0.2, 0) is 12.8 Å². The second-order valence-electron chi connectivity index (χ2n) is 10.8. The fourth-order valence-corrected chi connectivity index (χ4v) is 5.34. The maximum Gasteiger partial charge on any atom is 0.0484 e. The molecule has 3 heteroatoms. The molecule has 0 amide bonds. The van der Waals surface area contributed by atoms with Gasteiger partial charge >= 0.3 is 0 Å². The molecule has 0 aliphatic heterocycles. The van der Waals surface area contributed by atoms with Crippen LogP contribution in [0, 0.1) is 11.8 Å². The largest absolute Gasteiger partial charge is 0.0837 e. The lowest BCUT2D eigenvalue weighted by atomic mass is 10.0. The normalized spacial score (nSPS) is 10.9. The van der Waals surface area contributed by atoms with Crippen molar-refractivity contribution in [3.05, 3.63) is 139 Å². The van der Waals surface area contributed by atoms with E-state index in [0.29, 0.717) is 0 Å². The van der Waals surface area contributed by atoms with Gasteiger partial charge in [-0.3, -0.25) is 0 Å². The Hall–Kier alpha value is -2.57. The van der Waals surface area contributed by atoms with Crippen molar-refractivity contribution in [2.75, 3.05) is 0 Å². The van der Waals surface area contributed by atoms with Crippen molar-refractivity contribution in [3.8, 4) is 11.8 Å². The quantitative estimate of drug-likeness (QED) is 0.0777. The SMILES string of the molecule is CCCCCCc1ccc(/C(Cl)=C/c2ccc(Br)cc2)cc1.CCCCCCc1ccc(C#Cc2ccc(Br)cc2)cc1. The molecule has 0 bridgehead atoms. The molecule has 0 N–H and O–H groups in total. The van der Waals surface area contributed by atoms with Crippen LogP contribution in [-0.4, -0.2) is 0 Å². The lowest BCUT2D eigenvalue weighted by Crippen LogP contribution is -1.87. The summed E-state index contributed by atoms with van der Waals surface area (Å²) in [4.78, 5) is 0. The van der Waals surface area contributed by atoms with Crippen LogP contribution < -0.4 is 0 Å². The number of hydrogen-bond donors (Lipinski definition) is 0. The summed E-state index contributed by atoms with van der Waals surface area (Å²) in [6.45, 7) is 4.49. The minimum Gasteiger partial charge on any atom is -0.0837 e. The highest BCUT2D eigenvalue weighted by molar-refractivity contribution is 9.10. The summed E-state index contributed by atoms with van der Waals surface area (Å²) in [7, 11) is 0. The zero-order valence-electron chi connectivity index (χ0n) is 25.5. The molecule has 4 rings (SSSR count). The minimum atomic E-state index is 0.778. The van der Waals surface area contributed by atoms with Gasteiger partial charge in [0.25, 0.3) is 0 Å². The fraction of sp³-hybridized carbons (Fsp3) is 0.300. The third-order valence-electron chi connectivity index (χ3n) is 7.18. The smallest absolute Gasteiger partial charge is 0.0484 e. The maximum absolute atomic E-state index is 6.43. The Kier molecular flexibility index (Phi) is 16.6. The van der Waals surface area contributed by atoms with Crippen molar-refractivity contribution in [3.63, 3.8) is 0 Å². The molecule has 0 radical (unpaired) electrons. The van der Waals surface area contributed by atoms with Crippen LogP contribution in [0.25, 0.3) is 11.1 Å². The molecule has 224 valence electrons. The van der Waals surface area contributed by atoms with E-state index in [1.54, 1.807) is 0 Å². The van der Waals surface area contributed by atoms with Crippen LogP contribution >= 0.6 is 43.5 Å². The van der Waals surface area contributed by atoms with E-state index in [-0.39, 0.29) is 0 Å². The number of aryl methyl sites for hydroxylation is 2. The van der Waals surface area contributed by atoms with Crippen molar-refractivity contribution < 1.29 is 0 Å². The number of hydrogen-bond acceptors (Lipinski definition) is 0. The third-order valence-corrected chi connectivity index (χ3v) is 8.57. The lowest BCUT2D eigenvalue weighted by molar-refractivity contribution is 0.667. The van der Waals surface area contributed by atoms with E-state index in [2.05, 4.69) is 118 Å². The van der Waals surface area contributed by atoms with Crippen molar-refractivity contribution in [2.24, 2.45) is 0 Å². The molecule has 0 heterocycles. The van der Waals surface area contributed by atoms with E-state index in [1.807, 2.05) is 42.5 Å². The Morgan fingerprint density at radius 3 is 1.44 bits per heavy atom. The first-order valence-corrected chi connectivity index (χ1v) is 17.5. The second kappa shape index (κ2) is 20.4. The highest BCUT2D eigenvalue weighted by atomic mass is 79.9. The first-order chi connectivity index (χ1) is 21.0. The summed E-state index contributed by atoms with van der Waals surface area (Å²) in [6, 6.07) is 33.5. The Balaban J connectivity index is 0.000000236. The zero-order valence-corrected chi connectivity index (χ0v) is 29.4. The summed E-state index contributed by atoms with van der Waals surface area (Å²) in [5, 5.41) is 0.778. The van der Waals surface area contributed by atoms with Gasteiger partial charge in [0.1, 0.15) is 0 Å². The predicted octanol–water partition coefficient (Wildman–Crippen LogP) is 13.3. The Labute approximate surface area is 282 Å². The number of halogens is 3. The molecule has 0 atom stereocenters. The summed E-state index contributed by atoms with van der Waals surface area (Å²) >= 11 is 13.3. The monoisotopic (exact) mass is 716 g/mol. The Morgan fingerprint density at radius 1 is 0.558 bits per heavy atom. The third kappa shape index (κ3) is 14.2. The van der Waals surface area contributed by atoms with E-state index < -0.39 is 0 Å². The van der Waals surface area contributed by atoms with Crippen molar-refractivity contribution in [1.29, 1.82) is 0 Å². The first kappa shape index (κ1) is 34.9. The van der Waals surface area contributed by atoms with E-state index in [4.69, 9.17) is 11.6 Å². The molecule has 0 aliphatic carbocycles. The van der Waals surface area contributed by atoms with Crippen LogP contribution in [0.2, 0.25) is 0 Å². The van der Waals surface area contributed by atoms with Gasteiger partial charge in [0.05, 0.1) is 0 Å². The molecule has 43 heavy (non-hydrogen) atoms. The molecule has 0 saturated heterocycles. The van der Waals surface area contributed by atoms with E-state index in [0.717, 1.165) is 42.7 Å². The summed E-state index contributed by atoms with van der Waals surface area (Å²) in [5.74, 6) is 6.42. The van der Waals surface area contributed by atoms with Crippen molar-refractivity contribution in [1.82, 2.24) is 0 Å². The van der Waals surface area contributed by atoms with Gasteiger partial charge in [0.15, 0.2) is 0 Å². The standard InChI is InChI=1S/C20H22BrCl.C20H21Br/c1-2-3-4-5-6-16-7-11-18(12-8-16)20(22)15-17-9-13-19(21)14-10-17;1-2-3-4-5-6-17-7-9-18(10-8-17)11-12-19-13-15-20(21)16-14-19/h7-15H,2-6H2,1H3;7-10,13-16H,2-6H2,1H3/b20-15-;. The lowest BCUT2D eigenvalue weighted by Gasteiger charge is -2.04. The van der Waals surface area contributed by atoms with Gasteiger partial charge in [-0.2, -0.15) is 0 Å². The molecule has 0 aromatic heterocycles. The average molecular weight is 719 g/mol. The van der Waals surface area contributed by atoms with Gasteiger partial charge in [-0.1, -0.05) is 156 Å². The van der Waals surface area contributed by atoms with Crippen LogP contribution in [0.4, 0.5) is 0 Å². The molecule has 0 fully saturated rings. The molecule has 4 aromatic rings. The van der Waals surface area contributed by atoms with Gasteiger partial charge in [0.2, 0.25) is 0 Å². The van der Waals surface area contributed by atoms with Gasteiger partial charge in [-0.25, -0.2) is 0 Å². The van der Waals surface area contributed by atoms with E-state index >= 15 is 0 Å². The predicted molar refractivity (Wildman–Crippen MR) is 197 cm³/mol. The topological polar surface area (TPSA) is 0 Å². The minimum absolute atomic E-state index is 0.778. The Bertz CT molecular complexity index is 1420. The van der Waals surface area contributed by atoms with Crippen LogP contribution in [0.3, 0.4) is 0 Å². The molecule has 0 unspecified atom stereocenters. The molecular weight excluding hydrogens is 676 g/mol. The summed E-state index contributed by atoms with van der Waals surface area (Å²) in [6.07, 6.45) is 14.8.